The van der Waals surface area contributed by atoms with Crippen molar-refractivity contribution in [2.24, 2.45) is 5.73 Å². The van der Waals surface area contributed by atoms with E-state index in [2.05, 4.69) is 19.7 Å². The molecule has 2 aromatic rings. The summed E-state index contributed by atoms with van der Waals surface area (Å²) >= 11 is 0. The molecule has 0 unspecified atom stereocenters. The van der Waals surface area contributed by atoms with E-state index in [0.29, 0.717) is 6.54 Å². The van der Waals surface area contributed by atoms with Gasteiger partial charge in [0.2, 0.25) is 0 Å². The van der Waals surface area contributed by atoms with E-state index in [1.165, 1.54) is 12.8 Å². The van der Waals surface area contributed by atoms with Crippen molar-refractivity contribution in [1.29, 1.82) is 0 Å². The van der Waals surface area contributed by atoms with Crippen molar-refractivity contribution in [2.45, 2.75) is 38.9 Å². The molecule has 0 aromatic carbocycles. The highest BCUT2D eigenvalue weighted by atomic mass is 15.3. The molecule has 3 heterocycles. The van der Waals surface area contributed by atoms with Gasteiger partial charge >= 0.3 is 0 Å². The van der Waals surface area contributed by atoms with Crippen LogP contribution in [-0.2, 0) is 26.1 Å². The molecule has 1 aliphatic rings. The minimum absolute atomic E-state index is 0.477. The van der Waals surface area contributed by atoms with Crippen molar-refractivity contribution < 1.29 is 0 Å². The fourth-order valence-corrected chi connectivity index (χ4v) is 2.25. The Morgan fingerprint density at radius 3 is 3.06 bits per heavy atom. The van der Waals surface area contributed by atoms with Crippen LogP contribution < -0.4 is 5.73 Å². The highest BCUT2D eigenvalue weighted by Gasteiger charge is 2.15. The van der Waals surface area contributed by atoms with Crippen LogP contribution in [0.3, 0.4) is 0 Å². The number of aromatic nitrogens is 5. The van der Waals surface area contributed by atoms with Crippen LogP contribution >= 0.6 is 0 Å². The number of nitrogens with zero attached hydrogens (tertiary/aromatic N) is 5. The van der Waals surface area contributed by atoms with E-state index in [0.717, 1.165) is 36.9 Å². The Balaban J connectivity index is 1.82. The largest absolute Gasteiger partial charge is 0.329 e. The second-order valence-electron chi connectivity index (χ2n) is 4.38. The van der Waals surface area contributed by atoms with Gasteiger partial charge in [0.05, 0.1) is 18.6 Å². The lowest BCUT2D eigenvalue weighted by Crippen LogP contribution is -2.14. The van der Waals surface area contributed by atoms with E-state index in [1.54, 1.807) is 6.33 Å². The van der Waals surface area contributed by atoms with Gasteiger partial charge in [-0.1, -0.05) is 0 Å². The number of hydrogen-bond donors (Lipinski definition) is 1. The van der Waals surface area contributed by atoms with Crippen LogP contribution in [0.5, 0.6) is 0 Å². The monoisotopic (exact) mass is 232 g/mol. The van der Waals surface area contributed by atoms with Crippen LogP contribution in [0.1, 0.15) is 30.2 Å². The second kappa shape index (κ2) is 4.29. The van der Waals surface area contributed by atoms with E-state index in [9.17, 15) is 0 Å². The highest BCUT2D eigenvalue weighted by molar-refractivity contribution is 5.02. The van der Waals surface area contributed by atoms with Crippen molar-refractivity contribution in [3.8, 4) is 0 Å². The smallest absolute Gasteiger partial charge is 0.153 e. The molecule has 0 atom stereocenters. The quantitative estimate of drug-likeness (QED) is 0.827. The predicted molar refractivity (Wildman–Crippen MR) is 62.2 cm³/mol. The van der Waals surface area contributed by atoms with E-state index in [1.807, 2.05) is 10.8 Å². The maximum atomic E-state index is 5.54. The van der Waals surface area contributed by atoms with Crippen LogP contribution in [0, 0.1) is 0 Å². The molecule has 90 valence electrons. The van der Waals surface area contributed by atoms with Gasteiger partial charge in [0.25, 0.3) is 0 Å². The number of rotatable bonds is 3. The van der Waals surface area contributed by atoms with Crippen LogP contribution in [0.4, 0.5) is 0 Å². The summed E-state index contributed by atoms with van der Waals surface area (Å²) in [5.74, 6) is 2.13. The Labute approximate surface area is 99.5 Å². The standard InChI is InChI=1S/C11H16N6/c12-5-9-6-16(8-13-9)7-11-15-14-10-3-1-2-4-17(10)11/h6,8H,1-5,7,12H2. The molecule has 6 nitrogen and oxygen atoms in total. The lowest BCUT2D eigenvalue weighted by molar-refractivity contribution is 0.501. The van der Waals surface area contributed by atoms with E-state index < -0.39 is 0 Å². The van der Waals surface area contributed by atoms with Crippen molar-refractivity contribution in [3.05, 3.63) is 29.9 Å². The molecule has 0 saturated carbocycles. The van der Waals surface area contributed by atoms with Crippen LogP contribution in [-0.4, -0.2) is 24.3 Å². The summed E-state index contributed by atoms with van der Waals surface area (Å²) in [5, 5.41) is 8.50. The van der Waals surface area contributed by atoms with Gasteiger partial charge in [-0.15, -0.1) is 10.2 Å². The Morgan fingerprint density at radius 2 is 2.24 bits per heavy atom. The molecule has 0 amide bonds. The first-order valence-corrected chi connectivity index (χ1v) is 5.98. The first-order valence-electron chi connectivity index (χ1n) is 5.98. The number of hydrogen-bond acceptors (Lipinski definition) is 4. The molecule has 0 saturated heterocycles. The number of aryl methyl sites for hydroxylation is 1. The molecule has 0 spiro atoms. The fraction of sp³-hybridized carbons (Fsp3) is 0.545. The summed E-state index contributed by atoms with van der Waals surface area (Å²) in [6, 6.07) is 0. The van der Waals surface area contributed by atoms with Crippen LogP contribution in [0.15, 0.2) is 12.5 Å². The first kappa shape index (κ1) is 10.5. The fourth-order valence-electron chi connectivity index (χ4n) is 2.25. The average Bonchev–Trinajstić information content (AvgIpc) is 2.97. The average molecular weight is 232 g/mol. The molecule has 2 N–H and O–H groups in total. The van der Waals surface area contributed by atoms with Gasteiger partial charge in [0, 0.05) is 25.7 Å². The van der Waals surface area contributed by atoms with Crippen molar-refractivity contribution in [3.63, 3.8) is 0 Å². The predicted octanol–water partition coefficient (Wildman–Crippen LogP) is 0.318. The summed E-state index contributed by atoms with van der Waals surface area (Å²) in [6.07, 6.45) is 7.25. The van der Waals surface area contributed by atoms with Crippen LogP contribution in [0.25, 0.3) is 0 Å². The van der Waals surface area contributed by atoms with Crippen molar-refractivity contribution in [1.82, 2.24) is 24.3 Å². The first-order chi connectivity index (χ1) is 8.36. The SMILES string of the molecule is NCc1cn(Cc2nnc3n2CCCC3)cn1. The maximum absolute atomic E-state index is 5.54. The zero-order chi connectivity index (χ0) is 11.7. The van der Waals surface area contributed by atoms with Gasteiger partial charge in [0.15, 0.2) is 5.82 Å². The minimum Gasteiger partial charge on any atom is -0.329 e. The Morgan fingerprint density at radius 1 is 1.29 bits per heavy atom. The molecule has 1 aliphatic heterocycles. The number of imidazole rings is 1. The third kappa shape index (κ3) is 1.95. The topological polar surface area (TPSA) is 74.6 Å². The van der Waals surface area contributed by atoms with Crippen LogP contribution in [0.2, 0.25) is 0 Å². The summed E-state index contributed by atoms with van der Waals surface area (Å²) in [6.45, 7) is 2.24. The summed E-state index contributed by atoms with van der Waals surface area (Å²) < 4.78 is 4.24. The second-order valence-corrected chi connectivity index (χ2v) is 4.38. The molecule has 0 aliphatic carbocycles. The molecule has 17 heavy (non-hydrogen) atoms. The lowest BCUT2D eigenvalue weighted by Gasteiger charge is -2.14. The van der Waals surface area contributed by atoms with Gasteiger partial charge in [-0.3, -0.25) is 0 Å². The lowest BCUT2D eigenvalue weighted by atomic mass is 10.2. The minimum atomic E-state index is 0.477. The Kier molecular flexibility index (Phi) is 2.64. The van der Waals surface area contributed by atoms with Gasteiger partial charge in [-0.2, -0.15) is 0 Å². The van der Waals surface area contributed by atoms with Gasteiger partial charge < -0.3 is 14.9 Å². The molecule has 6 heteroatoms. The normalized spacial score (nSPS) is 14.9. The zero-order valence-corrected chi connectivity index (χ0v) is 9.71. The van der Waals surface area contributed by atoms with Gasteiger partial charge in [-0.05, 0) is 12.8 Å². The molecular formula is C11H16N6. The third-order valence-electron chi connectivity index (χ3n) is 3.16. The Hall–Kier alpha value is -1.69. The molecule has 0 fully saturated rings. The van der Waals surface area contributed by atoms with Crippen molar-refractivity contribution in [2.75, 3.05) is 0 Å². The third-order valence-corrected chi connectivity index (χ3v) is 3.16. The summed E-state index contributed by atoms with van der Waals surface area (Å²) in [4.78, 5) is 4.21. The maximum Gasteiger partial charge on any atom is 0.153 e. The molecular weight excluding hydrogens is 216 g/mol. The van der Waals surface area contributed by atoms with Crippen molar-refractivity contribution >= 4 is 0 Å². The molecule has 0 bridgehead atoms. The van der Waals surface area contributed by atoms with Gasteiger partial charge in [0.1, 0.15) is 5.82 Å². The van der Waals surface area contributed by atoms with Gasteiger partial charge in [-0.25, -0.2) is 4.98 Å². The van der Waals surface area contributed by atoms with E-state index >= 15 is 0 Å². The summed E-state index contributed by atoms with van der Waals surface area (Å²) in [5.41, 5.74) is 6.44. The highest BCUT2D eigenvalue weighted by Crippen LogP contribution is 2.14. The molecule has 2 aromatic heterocycles. The summed E-state index contributed by atoms with van der Waals surface area (Å²) in [7, 11) is 0. The van der Waals surface area contributed by atoms with E-state index in [4.69, 9.17) is 5.73 Å². The Bertz CT molecular complexity index is 512. The number of fused-ring (bicyclic) bond motifs is 1. The molecule has 0 radical (unpaired) electrons. The number of nitrogens with two attached hydrogens (primary N) is 1. The van der Waals surface area contributed by atoms with E-state index in [-0.39, 0.29) is 0 Å². The zero-order valence-electron chi connectivity index (χ0n) is 9.71. The molecule has 3 rings (SSSR count).